The van der Waals surface area contributed by atoms with Crippen LogP contribution < -0.4 is 10.6 Å². The Hall–Kier alpha value is -3.28. The summed E-state index contributed by atoms with van der Waals surface area (Å²) < 4.78 is 0. The van der Waals surface area contributed by atoms with Crippen molar-refractivity contribution in [2.24, 2.45) is 0 Å². The first-order valence-electron chi connectivity index (χ1n) is 8.82. The van der Waals surface area contributed by atoms with E-state index >= 15 is 0 Å². The summed E-state index contributed by atoms with van der Waals surface area (Å²) in [6.07, 6.45) is 3.38. The first-order chi connectivity index (χ1) is 13.0. The highest BCUT2D eigenvalue weighted by Gasteiger charge is 2.15. The van der Waals surface area contributed by atoms with Crippen molar-refractivity contribution in [1.82, 2.24) is 20.6 Å². The Balaban J connectivity index is 1.60. The lowest BCUT2D eigenvalue weighted by atomic mass is 10.1. The van der Waals surface area contributed by atoms with Gasteiger partial charge in [0.25, 0.3) is 11.8 Å². The number of benzene rings is 1. The van der Waals surface area contributed by atoms with Gasteiger partial charge in [-0.3, -0.25) is 19.6 Å². The fourth-order valence-corrected chi connectivity index (χ4v) is 2.94. The zero-order chi connectivity index (χ0) is 19.4. The van der Waals surface area contributed by atoms with Crippen LogP contribution in [0.3, 0.4) is 0 Å². The minimum Gasteiger partial charge on any atom is -0.350 e. The number of aromatic nitrogens is 2. The molecule has 0 fully saturated rings. The van der Waals surface area contributed by atoms with Gasteiger partial charge in [-0.05, 0) is 50.6 Å². The smallest absolute Gasteiger partial charge is 0.253 e. The number of pyridine rings is 2. The molecule has 0 aliphatic heterocycles. The highest BCUT2D eigenvalue weighted by Crippen LogP contribution is 2.13. The van der Waals surface area contributed by atoms with Gasteiger partial charge in [0, 0.05) is 35.9 Å². The Labute approximate surface area is 158 Å². The molecule has 0 aliphatic rings. The molecular weight excluding hydrogens is 340 g/mol. The molecule has 2 heterocycles. The van der Waals surface area contributed by atoms with Crippen LogP contribution in [0.15, 0.2) is 48.8 Å². The summed E-state index contributed by atoms with van der Waals surface area (Å²) in [5.41, 5.74) is 3.46. The number of hydrogen-bond acceptors (Lipinski definition) is 4. The summed E-state index contributed by atoms with van der Waals surface area (Å²) in [6.45, 7) is 5.86. The summed E-state index contributed by atoms with van der Waals surface area (Å²) >= 11 is 0. The largest absolute Gasteiger partial charge is 0.350 e. The van der Waals surface area contributed by atoms with E-state index in [4.69, 9.17) is 0 Å². The topological polar surface area (TPSA) is 84.0 Å². The Bertz CT molecular complexity index is 980. The molecule has 1 atom stereocenters. The molecule has 138 valence electrons. The summed E-state index contributed by atoms with van der Waals surface area (Å²) in [5, 5.41) is 6.74. The number of carbonyl (C=O) groups excluding carboxylic acids is 2. The highest BCUT2D eigenvalue weighted by atomic mass is 16.2. The molecule has 2 amide bonds. The minimum atomic E-state index is -0.224. The number of fused-ring (bicyclic) bond motifs is 1. The van der Waals surface area contributed by atoms with Gasteiger partial charge in [-0.15, -0.1) is 0 Å². The first-order valence-corrected chi connectivity index (χ1v) is 8.82. The summed E-state index contributed by atoms with van der Waals surface area (Å²) in [4.78, 5) is 33.3. The molecule has 3 aromatic rings. The molecule has 0 radical (unpaired) electrons. The van der Waals surface area contributed by atoms with Crippen molar-refractivity contribution in [3.63, 3.8) is 0 Å². The lowest BCUT2D eigenvalue weighted by Gasteiger charge is -2.16. The zero-order valence-electron chi connectivity index (χ0n) is 15.6. The molecule has 0 unspecified atom stereocenters. The van der Waals surface area contributed by atoms with Gasteiger partial charge in [0.2, 0.25) is 0 Å². The van der Waals surface area contributed by atoms with Gasteiger partial charge >= 0.3 is 0 Å². The van der Waals surface area contributed by atoms with Gasteiger partial charge in [-0.25, -0.2) is 0 Å². The normalized spacial score (nSPS) is 11.8. The SMILES string of the molecule is Cc1ccnc(C)c1C(=O)NC[C@H](C)NC(=O)c1ccc2cccnc2c1. The van der Waals surface area contributed by atoms with Crippen LogP contribution >= 0.6 is 0 Å². The summed E-state index contributed by atoms with van der Waals surface area (Å²) in [7, 11) is 0. The Morgan fingerprint density at radius 3 is 2.63 bits per heavy atom. The fourth-order valence-electron chi connectivity index (χ4n) is 2.94. The van der Waals surface area contributed by atoms with E-state index in [-0.39, 0.29) is 17.9 Å². The van der Waals surface area contributed by atoms with Crippen molar-refractivity contribution in [2.75, 3.05) is 6.54 Å². The molecular formula is C21H22N4O2. The van der Waals surface area contributed by atoms with E-state index in [0.717, 1.165) is 16.5 Å². The number of amides is 2. The maximum Gasteiger partial charge on any atom is 0.253 e. The van der Waals surface area contributed by atoms with E-state index in [9.17, 15) is 9.59 Å². The van der Waals surface area contributed by atoms with E-state index in [1.807, 2.05) is 32.0 Å². The Kier molecular flexibility index (Phi) is 5.45. The number of carbonyl (C=O) groups is 2. The maximum atomic E-state index is 12.5. The monoisotopic (exact) mass is 362 g/mol. The molecule has 27 heavy (non-hydrogen) atoms. The molecule has 3 rings (SSSR count). The molecule has 6 nitrogen and oxygen atoms in total. The van der Waals surface area contributed by atoms with Crippen molar-refractivity contribution in [3.05, 3.63) is 71.2 Å². The predicted molar refractivity (Wildman–Crippen MR) is 105 cm³/mol. The van der Waals surface area contributed by atoms with E-state index < -0.39 is 0 Å². The maximum absolute atomic E-state index is 12.5. The fraction of sp³-hybridized carbons (Fsp3) is 0.238. The van der Waals surface area contributed by atoms with Crippen molar-refractivity contribution in [1.29, 1.82) is 0 Å². The van der Waals surface area contributed by atoms with Crippen molar-refractivity contribution in [2.45, 2.75) is 26.8 Å². The van der Waals surface area contributed by atoms with E-state index in [0.29, 0.717) is 23.4 Å². The third kappa shape index (κ3) is 4.28. The zero-order valence-corrected chi connectivity index (χ0v) is 15.6. The van der Waals surface area contributed by atoms with Crippen LogP contribution in [-0.4, -0.2) is 34.4 Å². The van der Waals surface area contributed by atoms with E-state index in [1.54, 1.807) is 37.5 Å². The lowest BCUT2D eigenvalue weighted by molar-refractivity contribution is 0.0911. The molecule has 0 bridgehead atoms. The summed E-state index contributed by atoms with van der Waals surface area (Å²) in [5.74, 6) is -0.382. The molecule has 0 saturated carbocycles. The van der Waals surface area contributed by atoms with E-state index in [1.165, 1.54) is 0 Å². The third-order valence-electron chi connectivity index (χ3n) is 4.39. The molecule has 2 aromatic heterocycles. The number of hydrogen-bond donors (Lipinski definition) is 2. The second kappa shape index (κ2) is 7.95. The second-order valence-electron chi connectivity index (χ2n) is 6.58. The molecule has 0 aliphatic carbocycles. The minimum absolute atomic E-state index is 0.186. The number of rotatable bonds is 5. The molecule has 2 N–H and O–H groups in total. The molecule has 0 spiro atoms. The van der Waals surface area contributed by atoms with Crippen molar-refractivity contribution < 1.29 is 9.59 Å². The van der Waals surface area contributed by atoms with Crippen LogP contribution in [0.1, 0.15) is 38.9 Å². The summed E-state index contributed by atoms with van der Waals surface area (Å²) in [6, 6.07) is 10.8. The number of nitrogens with one attached hydrogen (secondary N) is 2. The molecule has 1 aromatic carbocycles. The van der Waals surface area contributed by atoms with Gasteiger partial charge in [0.1, 0.15) is 0 Å². The first kappa shape index (κ1) is 18.5. The van der Waals surface area contributed by atoms with Gasteiger partial charge in [0.05, 0.1) is 16.8 Å². The van der Waals surface area contributed by atoms with Gasteiger partial charge < -0.3 is 10.6 Å². The third-order valence-corrected chi connectivity index (χ3v) is 4.39. The predicted octanol–water partition coefficient (Wildman–Crippen LogP) is 2.79. The second-order valence-corrected chi connectivity index (χ2v) is 6.58. The average molecular weight is 362 g/mol. The Morgan fingerprint density at radius 1 is 1.04 bits per heavy atom. The van der Waals surface area contributed by atoms with Crippen LogP contribution in [0.5, 0.6) is 0 Å². The van der Waals surface area contributed by atoms with Gasteiger partial charge in [-0.1, -0.05) is 12.1 Å². The number of aryl methyl sites for hydroxylation is 2. The van der Waals surface area contributed by atoms with Crippen LogP contribution in [0.2, 0.25) is 0 Å². The standard InChI is InChI=1S/C21H22N4O2/c1-13-8-10-22-15(3)19(13)21(27)24-12-14(2)25-20(26)17-7-6-16-5-4-9-23-18(16)11-17/h4-11,14H,12H2,1-3H3,(H,24,27)(H,25,26)/t14-/m0/s1. The average Bonchev–Trinajstić information content (AvgIpc) is 2.65. The van der Waals surface area contributed by atoms with Gasteiger partial charge in [-0.2, -0.15) is 0 Å². The van der Waals surface area contributed by atoms with Crippen LogP contribution in [0.25, 0.3) is 10.9 Å². The molecule has 6 heteroatoms. The quantitative estimate of drug-likeness (QED) is 0.731. The van der Waals surface area contributed by atoms with E-state index in [2.05, 4.69) is 20.6 Å². The van der Waals surface area contributed by atoms with Gasteiger partial charge in [0.15, 0.2) is 0 Å². The van der Waals surface area contributed by atoms with Crippen LogP contribution in [-0.2, 0) is 0 Å². The Morgan fingerprint density at radius 2 is 1.85 bits per heavy atom. The van der Waals surface area contributed by atoms with Crippen molar-refractivity contribution >= 4 is 22.7 Å². The highest BCUT2D eigenvalue weighted by molar-refractivity contribution is 5.98. The van der Waals surface area contributed by atoms with Crippen LogP contribution in [0.4, 0.5) is 0 Å². The van der Waals surface area contributed by atoms with Crippen molar-refractivity contribution in [3.8, 4) is 0 Å². The number of nitrogens with zero attached hydrogens (tertiary/aromatic N) is 2. The lowest BCUT2D eigenvalue weighted by Crippen LogP contribution is -2.42. The molecule has 0 saturated heterocycles. The van der Waals surface area contributed by atoms with Crippen LogP contribution in [0, 0.1) is 13.8 Å².